The van der Waals surface area contributed by atoms with E-state index < -0.39 is 32.6 Å². The van der Waals surface area contributed by atoms with Crippen molar-refractivity contribution in [2.45, 2.75) is 18.0 Å². The Balaban J connectivity index is 1.43. The molecule has 0 atom stereocenters. The van der Waals surface area contributed by atoms with E-state index in [2.05, 4.69) is 5.16 Å². The van der Waals surface area contributed by atoms with E-state index in [1.807, 2.05) is 31.2 Å². The monoisotopic (exact) mass is 479 g/mol. The summed E-state index contributed by atoms with van der Waals surface area (Å²) >= 11 is 0. The number of aryl methyl sites for hydroxylation is 1. The average Bonchev–Trinajstić information content (AvgIpc) is 3.29. The number of sulfonamides is 1. The van der Waals surface area contributed by atoms with Crippen molar-refractivity contribution in [1.29, 1.82) is 0 Å². The molecule has 0 bridgehead atoms. The van der Waals surface area contributed by atoms with E-state index in [1.54, 1.807) is 0 Å². The maximum absolute atomic E-state index is 13.0. The fraction of sp³-hybridized carbons (Fsp3) is 0.273. The number of benzene rings is 2. The summed E-state index contributed by atoms with van der Waals surface area (Å²) < 4.78 is 70.8. The summed E-state index contributed by atoms with van der Waals surface area (Å²) in [5, 5.41) is 3.93. The van der Waals surface area contributed by atoms with Gasteiger partial charge in [0.2, 0.25) is 15.8 Å². The molecular weight excluding hydrogens is 459 g/mol. The third kappa shape index (κ3) is 4.79. The summed E-state index contributed by atoms with van der Waals surface area (Å²) in [6, 6.07) is 12.7. The summed E-state index contributed by atoms with van der Waals surface area (Å²) in [5.41, 5.74) is 1.34. The van der Waals surface area contributed by atoms with Gasteiger partial charge in [0.25, 0.3) is 5.91 Å². The largest absolute Gasteiger partial charge is 0.416 e. The quantitative estimate of drug-likeness (QED) is 0.568. The number of carbonyl (C=O) groups excluding carboxylic acids is 1. The lowest BCUT2D eigenvalue weighted by atomic mass is 10.1. The Bertz CT molecular complexity index is 1260. The maximum Gasteiger partial charge on any atom is 0.416 e. The van der Waals surface area contributed by atoms with Crippen LogP contribution in [0.25, 0.3) is 11.3 Å². The molecule has 4 rings (SSSR count). The molecule has 0 N–H and O–H groups in total. The summed E-state index contributed by atoms with van der Waals surface area (Å²) in [6.45, 7) is 1.98. The van der Waals surface area contributed by atoms with Crippen molar-refractivity contribution < 1.29 is 30.9 Å². The average molecular weight is 479 g/mol. The minimum absolute atomic E-state index is 0.0276. The minimum Gasteiger partial charge on any atom is -0.350 e. The lowest BCUT2D eigenvalue weighted by Gasteiger charge is -2.33. The lowest BCUT2D eigenvalue weighted by molar-refractivity contribution is -0.137. The molecule has 0 radical (unpaired) electrons. The molecule has 1 aromatic heterocycles. The second-order valence-electron chi connectivity index (χ2n) is 7.66. The highest BCUT2D eigenvalue weighted by atomic mass is 32.2. The number of alkyl halides is 3. The molecule has 1 amide bonds. The second-order valence-corrected chi connectivity index (χ2v) is 9.60. The van der Waals surface area contributed by atoms with Crippen LogP contribution in [-0.2, 0) is 16.2 Å². The Morgan fingerprint density at radius 3 is 2.30 bits per heavy atom. The number of piperazine rings is 1. The Hall–Kier alpha value is -3.18. The summed E-state index contributed by atoms with van der Waals surface area (Å²) in [5.74, 6) is -0.406. The van der Waals surface area contributed by atoms with Crippen molar-refractivity contribution in [2.24, 2.45) is 0 Å². The molecule has 0 aliphatic carbocycles. The highest BCUT2D eigenvalue weighted by molar-refractivity contribution is 7.89. The van der Waals surface area contributed by atoms with Crippen LogP contribution in [0.4, 0.5) is 13.2 Å². The predicted octanol–water partition coefficient (Wildman–Crippen LogP) is 3.82. The van der Waals surface area contributed by atoms with E-state index >= 15 is 0 Å². The van der Waals surface area contributed by atoms with Gasteiger partial charge in [0, 0.05) is 37.8 Å². The molecule has 3 aromatic rings. The van der Waals surface area contributed by atoms with Crippen molar-refractivity contribution >= 4 is 15.9 Å². The van der Waals surface area contributed by atoms with Crippen LogP contribution in [0.2, 0.25) is 0 Å². The van der Waals surface area contributed by atoms with Gasteiger partial charge >= 0.3 is 6.18 Å². The van der Waals surface area contributed by atoms with Gasteiger partial charge in [0.05, 0.1) is 10.5 Å². The first-order valence-electron chi connectivity index (χ1n) is 10.1. The predicted molar refractivity (Wildman–Crippen MR) is 113 cm³/mol. The molecule has 1 saturated heterocycles. The maximum atomic E-state index is 13.0. The van der Waals surface area contributed by atoms with Gasteiger partial charge < -0.3 is 9.42 Å². The Morgan fingerprint density at radius 1 is 1.00 bits per heavy atom. The van der Waals surface area contributed by atoms with E-state index in [0.717, 1.165) is 33.6 Å². The summed E-state index contributed by atoms with van der Waals surface area (Å²) in [7, 11) is -4.13. The number of carbonyl (C=O) groups is 1. The number of halogens is 3. The van der Waals surface area contributed by atoms with E-state index in [4.69, 9.17) is 4.52 Å². The van der Waals surface area contributed by atoms with Crippen molar-refractivity contribution in [2.75, 3.05) is 26.2 Å². The molecule has 33 heavy (non-hydrogen) atoms. The van der Waals surface area contributed by atoms with Gasteiger partial charge in [0.15, 0.2) is 0 Å². The van der Waals surface area contributed by atoms with E-state index in [1.165, 1.54) is 11.0 Å². The van der Waals surface area contributed by atoms with Gasteiger partial charge in [-0.25, -0.2) is 8.42 Å². The highest BCUT2D eigenvalue weighted by Crippen LogP contribution is 2.31. The van der Waals surface area contributed by atoms with Crippen molar-refractivity contribution in [3.8, 4) is 11.3 Å². The zero-order chi connectivity index (χ0) is 23.8. The van der Waals surface area contributed by atoms with Gasteiger partial charge in [0.1, 0.15) is 5.69 Å². The minimum atomic E-state index is -4.65. The molecule has 0 unspecified atom stereocenters. The Morgan fingerprint density at radius 2 is 1.67 bits per heavy atom. The molecule has 2 heterocycles. The molecule has 2 aromatic carbocycles. The van der Waals surface area contributed by atoms with Crippen molar-refractivity contribution in [3.63, 3.8) is 0 Å². The SMILES string of the molecule is Cc1ccc(-c2cc(C(=O)N3CCN(S(=O)(=O)c4cccc(C(F)(F)F)c4)CC3)on2)cc1. The topological polar surface area (TPSA) is 83.7 Å². The first-order valence-corrected chi connectivity index (χ1v) is 11.5. The smallest absolute Gasteiger partial charge is 0.350 e. The third-order valence-corrected chi connectivity index (χ3v) is 7.29. The van der Waals surface area contributed by atoms with Crippen molar-refractivity contribution in [3.05, 3.63) is 71.5 Å². The van der Waals surface area contributed by atoms with Gasteiger partial charge in [-0.2, -0.15) is 17.5 Å². The van der Waals surface area contributed by atoms with Gasteiger partial charge in [-0.3, -0.25) is 4.79 Å². The zero-order valence-corrected chi connectivity index (χ0v) is 18.4. The molecule has 174 valence electrons. The molecule has 0 saturated carbocycles. The second kappa shape index (κ2) is 8.64. The lowest BCUT2D eigenvalue weighted by Crippen LogP contribution is -2.50. The number of hydrogen-bond donors (Lipinski definition) is 0. The van der Waals surface area contributed by atoms with E-state index in [0.29, 0.717) is 11.8 Å². The molecule has 7 nitrogen and oxygen atoms in total. The van der Waals surface area contributed by atoms with Crippen LogP contribution in [0.5, 0.6) is 0 Å². The van der Waals surface area contributed by atoms with Gasteiger partial charge in [-0.15, -0.1) is 0 Å². The van der Waals surface area contributed by atoms with Gasteiger partial charge in [-0.1, -0.05) is 41.1 Å². The van der Waals surface area contributed by atoms with Crippen LogP contribution >= 0.6 is 0 Å². The van der Waals surface area contributed by atoms with Crippen LogP contribution in [0.1, 0.15) is 21.7 Å². The molecule has 11 heteroatoms. The van der Waals surface area contributed by atoms with E-state index in [9.17, 15) is 26.4 Å². The molecule has 1 aliphatic rings. The van der Waals surface area contributed by atoms with Crippen LogP contribution in [0.3, 0.4) is 0 Å². The van der Waals surface area contributed by atoms with Crippen LogP contribution in [0, 0.1) is 6.92 Å². The number of aromatic nitrogens is 1. The Labute approximate surface area is 188 Å². The number of amides is 1. The van der Waals surface area contributed by atoms with Gasteiger partial charge in [-0.05, 0) is 25.1 Å². The summed E-state index contributed by atoms with van der Waals surface area (Å²) in [4.78, 5) is 13.8. The molecular formula is C22H20F3N3O4S. The molecule has 1 aliphatic heterocycles. The first kappa shape index (κ1) is 23.0. The summed E-state index contributed by atoms with van der Waals surface area (Å²) in [6.07, 6.45) is -4.65. The fourth-order valence-corrected chi connectivity index (χ4v) is 4.97. The normalized spacial score (nSPS) is 15.6. The first-order chi connectivity index (χ1) is 15.6. The van der Waals surface area contributed by atoms with Crippen LogP contribution in [0.15, 0.2) is 64.0 Å². The third-order valence-electron chi connectivity index (χ3n) is 5.39. The molecule has 0 spiro atoms. The van der Waals surface area contributed by atoms with Crippen molar-refractivity contribution in [1.82, 2.24) is 14.4 Å². The fourth-order valence-electron chi connectivity index (χ4n) is 3.51. The van der Waals surface area contributed by atoms with Crippen LogP contribution < -0.4 is 0 Å². The Kier molecular flexibility index (Phi) is 6.02. The number of rotatable bonds is 4. The standard InChI is InChI=1S/C22H20F3N3O4S/c1-15-5-7-16(8-6-15)19-14-20(32-26-19)21(29)27-9-11-28(12-10-27)33(30,31)18-4-2-3-17(13-18)22(23,24)25/h2-8,13-14H,9-12H2,1H3. The van der Waals surface area contributed by atoms with E-state index in [-0.39, 0.29) is 31.9 Å². The number of hydrogen-bond acceptors (Lipinski definition) is 5. The molecule has 1 fully saturated rings. The number of nitrogens with zero attached hydrogens (tertiary/aromatic N) is 3. The van der Waals surface area contributed by atoms with Crippen LogP contribution in [-0.4, -0.2) is 54.9 Å². The zero-order valence-electron chi connectivity index (χ0n) is 17.5. The highest BCUT2D eigenvalue weighted by Gasteiger charge is 2.35.